The zero-order valence-corrected chi connectivity index (χ0v) is 12.4. The van der Waals surface area contributed by atoms with Gasteiger partial charge in [0.25, 0.3) is 5.91 Å². The second kappa shape index (κ2) is 5.18. The Morgan fingerprint density at radius 3 is 2.05 bits per heavy atom. The number of carbonyl (C=O) groups is 2. The van der Waals surface area contributed by atoms with Crippen molar-refractivity contribution in [1.29, 1.82) is 0 Å². The van der Waals surface area contributed by atoms with Crippen LogP contribution in [0.15, 0.2) is 54.6 Å². The van der Waals surface area contributed by atoms with Gasteiger partial charge >= 0.3 is 6.03 Å². The number of nitrogens with zero attached hydrogens (tertiary/aromatic N) is 1. The van der Waals surface area contributed by atoms with Gasteiger partial charge in [0, 0.05) is 7.05 Å². The highest BCUT2D eigenvalue weighted by Crippen LogP contribution is 2.36. The molecule has 1 unspecified atom stereocenters. The monoisotopic (exact) mass is 296 g/mol. The van der Waals surface area contributed by atoms with Crippen LogP contribution in [0.25, 0.3) is 0 Å². The van der Waals surface area contributed by atoms with Crippen LogP contribution in [0.4, 0.5) is 4.79 Å². The summed E-state index contributed by atoms with van der Waals surface area (Å²) in [6.07, 6.45) is 0. The van der Waals surface area contributed by atoms with E-state index in [1.807, 2.05) is 30.3 Å². The first-order valence-electron chi connectivity index (χ1n) is 6.90. The van der Waals surface area contributed by atoms with Gasteiger partial charge in [0.2, 0.25) is 0 Å². The number of nitrogens with one attached hydrogen (secondary N) is 1. The molecule has 22 heavy (non-hydrogen) atoms. The molecule has 0 aromatic heterocycles. The molecule has 0 bridgehead atoms. The standard InChI is InChI=1S/C17H16N2O3/c1-19-15(20)17(18-16(19)21,12-6-4-3-5-7-12)13-8-10-14(22-2)11-9-13/h3-11H,1-2H3,(H,18,21). The van der Waals surface area contributed by atoms with Gasteiger partial charge in [-0.2, -0.15) is 0 Å². The average Bonchev–Trinajstić information content (AvgIpc) is 2.81. The van der Waals surface area contributed by atoms with E-state index in [-0.39, 0.29) is 5.91 Å². The maximum Gasteiger partial charge on any atom is 0.325 e. The zero-order chi connectivity index (χ0) is 15.7. The van der Waals surface area contributed by atoms with Gasteiger partial charge < -0.3 is 10.1 Å². The van der Waals surface area contributed by atoms with Gasteiger partial charge in [-0.05, 0) is 23.3 Å². The predicted octanol–water partition coefficient (Wildman–Crippen LogP) is 2.12. The van der Waals surface area contributed by atoms with E-state index in [0.29, 0.717) is 11.3 Å². The van der Waals surface area contributed by atoms with Crippen LogP contribution in [0.3, 0.4) is 0 Å². The summed E-state index contributed by atoms with van der Waals surface area (Å²) in [5.41, 5.74) is 0.226. The highest BCUT2D eigenvalue weighted by molar-refractivity contribution is 6.09. The SMILES string of the molecule is COc1ccc(C2(c3ccccc3)NC(=O)N(C)C2=O)cc1. The molecule has 1 fully saturated rings. The van der Waals surface area contributed by atoms with Crippen molar-refractivity contribution >= 4 is 11.9 Å². The second-order valence-corrected chi connectivity index (χ2v) is 5.14. The molecule has 1 saturated heterocycles. The Labute approximate surface area is 128 Å². The van der Waals surface area contributed by atoms with E-state index in [4.69, 9.17) is 4.74 Å². The fourth-order valence-electron chi connectivity index (χ4n) is 2.73. The molecule has 5 heteroatoms. The fraction of sp³-hybridized carbons (Fsp3) is 0.176. The summed E-state index contributed by atoms with van der Waals surface area (Å²) in [5, 5.41) is 2.83. The first-order chi connectivity index (χ1) is 10.6. The third-order valence-electron chi connectivity index (χ3n) is 3.95. The maximum atomic E-state index is 12.8. The van der Waals surface area contributed by atoms with Crippen LogP contribution in [-0.4, -0.2) is 31.0 Å². The van der Waals surface area contributed by atoms with E-state index in [2.05, 4.69) is 5.32 Å². The zero-order valence-electron chi connectivity index (χ0n) is 12.4. The Hall–Kier alpha value is -2.82. The number of carbonyl (C=O) groups excluding carboxylic acids is 2. The largest absolute Gasteiger partial charge is 0.497 e. The number of hydrogen-bond donors (Lipinski definition) is 1. The maximum absolute atomic E-state index is 12.8. The number of hydrogen-bond acceptors (Lipinski definition) is 3. The van der Waals surface area contributed by atoms with Gasteiger partial charge in [-0.3, -0.25) is 9.69 Å². The summed E-state index contributed by atoms with van der Waals surface area (Å²) in [7, 11) is 3.06. The minimum Gasteiger partial charge on any atom is -0.497 e. The molecule has 5 nitrogen and oxygen atoms in total. The highest BCUT2D eigenvalue weighted by atomic mass is 16.5. The number of urea groups is 1. The number of imide groups is 1. The number of rotatable bonds is 3. The lowest BCUT2D eigenvalue weighted by molar-refractivity contribution is -0.129. The second-order valence-electron chi connectivity index (χ2n) is 5.14. The molecule has 1 atom stereocenters. The lowest BCUT2D eigenvalue weighted by Gasteiger charge is -2.27. The number of methoxy groups -OCH3 is 1. The number of benzene rings is 2. The Kier molecular flexibility index (Phi) is 3.33. The molecular formula is C17H16N2O3. The molecule has 3 amide bonds. The smallest absolute Gasteiger partial charge is 0.325 e. The van der Waals surface area contributed by atoms with Crippen molar-refractivity contribution in [2.24, 2.45) is 0 Å². The predicted molar refractivity (Wildman–Crippen MR) is 81.5 cm³/mol. The molecule has 1 aliphatic heterocycles. The average molecular weight is 296 g/mol. The number of likely N-dealkylation sites (N-methyl/N-ethyl adjacent to an activating group) is 1. The lowest BCUT2D eigenvalue weighted by Crippen LogP contribution is -2.44. The van der Waals surface area contributed by atoms with Crippen LogP contribution in [0.1, 0.15) is 11.1 Å². The van der Waals surface area contributed by atoms with Gasteiger partial charge in [-0.15, -0.1) is 0 Å². The van der Waals surface area contributed by atoms with E-state index in [1.165, 1.54) is 7.05 Å². The number of amides is 3. The number of ether oxygens (including phenoxy) is 1. The lowest BCUT2D eigenvalue weighted by atomic mass is 9.82. The molecule has 2 aromatic carbocycles. The fourth-order valence-corrected chi connectivity index (χ4v) is 2.73. The first-order valence-corrected chi connectivity index (χ1v) is 6.90. The Bertz CT molecular complexity index is 712. The molecule has 0 aliphatic carbocycles. The van der Waals surface area contributed by atoms with E-state index in [9.17, 15) is 9.59 Å². The van der Waals surface area contributed by atoms with E-state index >= 15 is 0 Å². The summed E-state index contributed by atoms with van der Waals surface area (Å²) in [6, 6.07) is 16.0. The topological polar surface area (TPSA) is 58.6 Å². The van der Waals surface area contributed by atoms with Crippen molar-refractivity contribution in [2.75, 3.05) is 14.2 Å². The van der Waals surface area contributed by atoms with Crippen molar-refractivity contribution in [3.8, 4) is 5.75 Å². The van der Waals surface area contributed by atoms with Crippen LogP contribution in [0.2, 0.25) is 0 Å². The minimum atomic E-state index is -1.20. The molecule has 3 rings (SSSR count). The molecule has 1 aliphatic rings. The van der Waals surface area contributed by atoms with Crippen molar-refractivity contribution in [1.82, 2.24) is 10.2 Å². The molecule has 1 N–H and O–H groups in total. The minimum absolute atomic E-state index is 0.297. The molecule has 1 heterocycles. The molecule has 0 spiro atoms. The normalized spacial score (nSPS) is 20.9. The van der Waals surface area contributed by atoms with Crippen molar-refractivity contribution < 1.29 is 14.3 Å². The molecule has 0 saturated carbocycles. The van der Waals surface area contributed by atoms with Crippen LogP contribution >= 0.6 is 0 Å². The Balaban J connectivity index is 2.20. The third kappa shape index (κ3) is 1.94. The van der Waals surface area contributed by atoms with Gasteiger partial charge in [0.05, 0.1) is 7.11 Å². The Morgan fingerprint density at radius 1 is 0.955 bits per heavy atom. The first kappa shape index (κ1) is 14.1. The highest BCUT2D eigenvalue weighted by Gasteiger charge is 2.52. The summed E-state index contributed by atoms with van der Waals surface area (Å²) in [4.78, 5) is 26.0. The van der Waals surface area contributed by atoms with E-state index in [0.717, 1.165) is 10.5 Å². The summed E-state index contributed by atoms with van der Waals surface area (Å²) in [5.74, 6) is 0.394. The van der Waals surface area contributed by atoms with E-state index < -0.39 is 11.6 Å². The van der Waals surface area contributed by atoms with Gasteiger partial charge in [-0.1, -0.05) is 42.5 Å². The Morgan fingerprint density at radius 2 is 1.55 bits per heavy atom. The van der Waals surface area contributed by atoms with Crippen LogP contribution < -0.4 is 10.1 Å². The van der Waals surface area contributed by atoms with Gasteiger partial charge in [0.15, 0.2) is 5.54 Å². The van der Waals surface area contributed by atoms with Crippen molar-refractivity contribution in [3.05, 3.63) is 65.7 Å². The van der Waals surface area contributed by atoms with E-state index in [1.54, 1.807) is 31.4 Å². The van der Waals surface area contributed by atoms with Crippen LogP contribution in [0, 0.1) is 0 Å². The summed E-state index contributed by atoms with van der Waals surface area (Å²) in [6.45, 7) is 0. The van der Waals surface area contributed by atoms with Crippen LogP contribution in [0.5, 0.6) is 5.75 Å². The summed E-state index contributed by atoms with van der Waals surface area (Å²) < 4.78 is 5.16. The van der Waals surface area contributed by atoms with Gasteiger partial charge in [0.1, 0.15) is 5.75 Å². The van der Waals surface area contributed by atoms with Crippen molar-refractivity contribution in [2.45, 2.75) is 5.54 Å². The van der Waals surface area contributed by atoms with Gasteiger partial charge in [-0.25, -0.2) is 4.79 Å². The van der Waals surface area contributed by atoms with Crippen molar-refractivity contribution in [3.63, 3.8) is 0 Å². The summed E-state index contributed by atoms with van der Waals surface area (Å²) >= 11 is 0. The van der Waals surface area contributed by atoms with Crippen LogP contribution in [-0.2, 0) is 10.3 Å². The third-order valence-corrected chi connectivity index (χ3v) is 3.95. The molecule has 0 radical (unpaired) electrons. The molecule has 2 aromatic rings. The molecular weight excluding hydrogens is 280 g/mol. The molecule has 112 valence electrons. The quantitative estimate of drug-likeness (QED) is 0.883.